The Labute approximate surface area is 108 Å². The van der Waals surface area contributed by atoms with Gasteiger partial charge in [-0.05, 0) is 20.3 Å². The molecule has 1 heterocycles. The van der Waals surface area contributed by atoms with Crippen LogP contribution in [0.15, 0.2) is 12.4 Å². The first-order chi connectivity index (χ1) is 8.61. The summed E-state index contributed by atoms with van der Waals surface area (Å²) in [5.41, 5.74) is 1.03. The van der Waals surface area contributed by atoms with Crippen molar-refractivity contribution in [1.82, 2.24) is 15.3 Å². The molecule has 5 heteroatoms. The zero-order chi connectivity index (χ0) is 13.4. The lowest BCUT2D eigenvalue weighted by atomic mass is 10.2. The van der Waals surface area contributed by atoms with Crippen molar-refractivity contribution in [2.75, 3.05) is 11.9 Å². The summed E-state index contributed by atoms with van der Waals surface area (Å²) in [6.45, 7) is 6.60. The van der Waals surface area contributed by atoms with Gasteiger partial charge >= 0.3 is 0 Å². The van der Waals surface area contributed by atoms with E-state index in [9.17, 15) is 4.79 Å². The van der Waals surface area contributed by atoms with E-state index in [1.54, 1.807) is 6.33 Å². The molecule has 0 unspecified atom stereocenters. The molecule has 0 saturated carbocycles. The third-order valence-electron chi connectivity index (χ3n) is 2.34. The average Bonchev–Trinajstić information content (AvgIpc) is 2.29. The maximum Gasteiger partial charge on any atom is 0.221 e. The van der Waals surface area contributed by atoms with Gasteiger partial charge in [0.15, 0.2) is 0 Å². The molecule has 5 nitrogen and oxygen atoms in total. The molecule has 0 aromatic carbocycles. The van der Waals surface area contributed by atoms with Gasteiger partial charge in [0.25, 0.3) is 0 Å². The highest BCUT2D eigenvalue weighted by Crippen LogP contribution is 2.05. The van der Waals surface area contributed by atoms with Crippen molar-refractivity contribution in [3.05, 3.63) is 18.1 Å². The standard InChI is InChI=1S/C13H22N4O/c1-4-5-11-8-12(16-9-15-11)14-7-6-13(18)17-10(2)3/h8-10H,4-7H2,1-3H3,(H,17,18)(H,14,15,16). The number of hydrogen-bond acceptors (Lipinski definition) is 4. The highest BCUT2D eigenvalue weighted by Gasteiger charge is 2.03. The molecule has 1 amide bonds. The van der Waals surface area contributed by atoms with Crippen LogP contribution in [0.4, 0.5) is 5.82 Å². The maximum absolute atomic E-state index is 11.4. The van der Waals surface area contributed by atoms with Crippen molar-refractivity contribution in [3.8, 4) is 0 Å². The molecule has 0 atom stereocenters. The van der Waals surface area contributed by atoms with Gasteiger partial charge in [-0.3, -0.25) is 4.79 Å². The Morgan fingerprint density at radius 3 is 2.83 bits per heavy atom. The van der Waals surface area contributed by atoms with Crippen LogP contribution in [0.3, 0.4) is 0 Å². The Morgan fingerprint density at radius 2 is 2.17 bits per heavy atom. The molecular formula is C13H22N4O. The monoisotopic (exact) mass is 250 g/mol. The quantitative estimate of drug-likeness (QED) is 0.773. The normalized spacial score (nSPS) is 10.4. The highest BCUT2D eigenvalue weighted by atomic mass is 16.1. The Balaban J connectivity index is 2.34. The Kier molecular flexibility index (Phi) is 6.11. The van der Waals surface area contributed by atoms with Crippen LogP contribution in [-0.4, -0.2) is 28.5 Å². The largest absolute Gasteiger partial charge is 0.369 e. The minimum Gasteiger partial charge on any atom is -0.369 e. The number of rotatable bonds is 7. The molecule has 0 bridgehead atoms. The molecule has 2 N–H and O–H groups in total. The van der Waals surface area contributed by atoms with E-state index in [0.717, 1.165) is 24.4 Å². The molecule has 0 aliphatic heterocycles. The van der Waals surface area contributed by atoms with Gasteiger partial charge in [0.05, 0.1) is 0 Å². The summed E-state index contributed by atoms with van der Waals surface area (Å²) >= 11 is 0. The second-order valence-corrected chi connectivity index (χ2v) is 4.54. The molecule has 100 valence electrons. The van der Waals surface area contributed by atoms with E-state index in [-0.39, 0.29) is 11.9 Å². The molecule has 1 rings (SSSR count). The van der Waals surface area contributed by atoms with Gasteiger partial charge in [-0.2, -0.15) is 0 Å². The van der Waals surface area contributed by atoms with E-state index < -0.39 is 0 Å². The Hall–Kier alpha value is -1.65. The fourth-order valence-electron chi connectivity index (χ4n) is 1.59. The lowest BCUT2D eigenvalue weighted by Gasteiger charge is -2.09. The zero-order valence-electron chi connectivity index (χ0n) is 11.4. The van der Waals surface area contributed by atoms with Crippen LogP contribution in [0.1, 0.15) is 39.3 Å². The number of aromatic nitrogens is 2. The zero-order valence-corrected chi connectivity index (χ0v) is 11.4. The van der Waals surface area contributed by atoms with Crippen LogP contribution < -0.4 is 10.6 Å². The number of nitrogens with zero attached hydrogens (tertiary/aromatic N) is 2. The van der Waals surface area contributed by atoms with E-state index in [4.69, 9.17) is 0 Å². The Morgan fingerprint density at radius 1 is 1.39 bits per heavy atom. The van der Waals surface area contributed by atoms with Crippen molar-refractivity contribution in [2.24, 2.45) is 0 Å². The molecule has 0 fully saturated rings. The summed E-state index contributed by atoms with van der Waals surface area (Å²) in [7, 11) is 0. The maximum atomic E-state index is 11.4. The van der Waals surface area contributed by atoms with Crippen LogP contribution in [0.5, 0.6) is 0 Å². The molecule has 0 saturated heterocycles. The van der Waals surface area contributed by atoms with E-state index in [1.807, 2.05) is 19.9 Å². The third-order valence-corrected chi connectivity index (χ3v) is 2.34. The van der Waals surface area contributed by atoms with E-state index in [0.29, 0.717) is 13.0 Å². The summed E-state index contributed by atoms with van der Waals surface area (Å²) in [6.07, 6.45) is 4.02. The van der Waals surface area contributed by atoms with Crippen LogP contribution in [0, 0.1) is 0 Å². The molecule has 0 aliphatic carbocycles. The molecular weight excluding hydrogens is 228 g/mol. The van der Waals surface area contributed by atoms with Crippen molar-refractivity contribution in [1.29, 1.82) is 0 Å². The number of anilines is 1. The van der Waals surface area contributed by atoms with Crippen LogP contribution >= 0.6 is 0 Å². The van der Waals surface area contributed by atoms with Crippen molar-refractivity contribution < 1.29 is 4.79 Å². The summed E-state index contributed by atoms with van der Waals surface area (Å²) in [6, 6.07) is 2.12. The van der Waals surface area contributed by atoms with Crippen LogP contribution in [0.2, 0.25) is 0 Å². The second-order valence-electron chi connectivity index (χ2n) is 4.54. The van der Waals surface area contributed by atoms with Crippen LogP contribution in [-0.2, 0) is 11.2 Å². The van der Waals surface area contributed by atoms with Crippen LogP contribution in [0.25, 0.3) is 0 Å². The van der Waals surface area contributed by atoms with Crippen molar-refractivity contribution in [2.45, 2.75) is 46.1 Å². The number of hydrogen-bond donors (Lipinski definition) is 2. The smallest absolute Gasteiger partial charge is 0.221 e. The summed E-state index contributed by atoms with van der Waals surface area (Å²) in [4.78, 5) is 19.7. The molecule has 18 heavy (non-hydrogen) atoms. The van der Waals surface area contributed by atoms with Gasteiger partial charge in [-0.25, -0.2) is 9.97 Å². The lowest BCUT2D eigenvalue weighted by Crippen LogP contribution is -2.31. The number of carbonyl (C=O) groups is 1. The minimum atomic E-state index is 0.0559. The number of carbonyl (C=O) groups excluding carboxylic acids is 1. The predicted molar refractivity (Wildman–Crippen MR) is 72.4 cm³/mol. The lowest BCUT2D eigenvalue weighted by molar-refractivity contribution is -0.121. The van der Waals surface area contributed by atoms with Gasteiger partial charge < -0.3 is 10.6 Å². The number of aryl methyl sites for hydroxylation is 1. The topological polar surface area (TPSA) is 66.9 Å². The first-order valence-electron chi connectivity index (χ1n) is 6.46. The van der Waals surface area contributed by atoms with E-state index in [1.165, 1.54) is 0 Å². The molecule has 0 aliphatic rings. The van der Waals surface area contributed by atoms with Gasteiger partial charge in [-0.15, -0.1) is 0 Å². The predicted octanol–water partition coefficient (Wildman–Crippen LogP) is 1.76. The van der Waals surface area contributed by atoms with Gasteiger partial charge in [0.1, 0.15) is 12.1 Å². The highest BCUT2D eigenvalue weighted by molar-refractivity contribution is 5.76. The third kappa shape index (κ3) is 5.61. The minimum absolute atomic E-state index is 0.0559. The fourth-order valence-corrected chi connectivity index (χ4v) is 1.59. The molecule has 1 aromatic heterocycles. The summed E-state index contributed by atoms with van der Waals surface area (Å²) < 4.78 is 0. The van der Waals surface area contributed by atoms with Crippen molar-refractivity contribution >= 4 is 11.7 Å². The van der Waals surface area contributed by atoms with Crippen molar-refractivity contribution in [3.63, 3.8) is 0 Å². The first kappa shape index (κ1) is 14.4. The SMILES string of the molecule is CCCc1cc(NCCC(=O)NC(C)C)ncn1. The molecule has 0 spiro atoms. The summed E-state index contributed by atoms with van der Waals surface area (Å²) in [5, 5.41) is 5.98. The van der Waals surface area contributed by atoms with Gasteiger partial charge in [0.2, 0.25) is 5.91 Å². The van der Waals surface area contributed by atoms with E-state index >= 15 is 0 Å². The van der Waals surface area contributed by atoms with Gasteiger partial charge in [0, 0.05) is 30.8 Å². The first-order valence-corrected chi connectivity index (χ1v) is 6.46. The average molecular weight is 250 g/mol. The molecule has 0 radical (unpaired) electrons. The van der Waals surface area contributed by atoms with Gasteiger partial charge in [-0.1, -0.05) is 13.3 Å². The summed E-state index contributed by atoms with van der Waals surface area (Å²) in [5.74, 6) is 0.839. The second kappa shape index (κ2) is 7.63. The molecule has 1 aromatic rings. The number of amides is 1. The number of nitrogens with one attached hydrogen (secondary N) is 2. The van der Waals surface area contributed by atoms with E-state index in [2.05, 4.69) is 27.5 Å². The Bertz CT molecular complexity index is 379. The fraction of sp³-hybridized carbons (Fsp3) is 0.615.